The van der Waals surface area contributed by atoms with Gasteiger partial charge in [-0.05, 0) is 67.4 Å². The molecule has 174 valence electrons. The van der Waals surface area contributed by atoms with Gasteiger partial charge in [-0.1, -0.05) is 74.0 Å². The van der Waals surface area contributed by atoms with E-state index in [1.54, 1.807) is 0 Å². The van der Waals surface area contributed by atoms with Crippen LogP contribution in [0.15, 0.2) is 60.2 Å². The van der Waals surface area contributed by atoms with Gasteiger partial charge in [0, 0.05) is 18.5 Å². The van der Waals surface area contributed by atoms with E-state index in [4.69, 9.17) is 4.74 Å². The first-order valence-corrected chi connectivity index (χ1v) is 12.7. The quantitative estimate of drug-likeness (QED) is 0.475. The number of amides is 1. The summed E-state index contributed by atoms with van der Waals surface area (Å²) < 4.78 is 6.03. The van der Waals surface area contributed by atoms with Crippen LogP contribution in [0.3, 0.4) is 0 Å². The molecule has 4 nitrogen and oxygen atoms in total. The molecule has 2 aromatic carbocycles. The maximum absolute atomic E-state index is 13.3. The molecule has 33 heavy (non-hydrogen) atoms. The summed E-state index contributed by atoms with van der Waals surface area (Å²) in [5.74, 6) is 0.117. The molecule has 0 aromatic heterocycles. The molecule has 1 amide bonds. The first-order chi connectivity index (χ1) is 16.2. The van der Waals surface area contributed by atoms with Crippen LogP contribution in [0.1, 0.15) is 63.0 Å². The summed E-state index contributed by atoms with van der Waals surface area (Å²) in [4.78, 5) is 17.9. The van der Waals surface area contributed by atoms with Crippen LogP contribution in [0.25, 0.3) is 11.1 Å². The fourth-order valence-corrected chi connectivity index (χ4v) is 6.10. The topological polar surface area (TPSA) is 32.8 Å². The zero-order valence-corrected chi connectivity index (χ0v) is 20.0. The van der Waals surface area contributed by atoms with E-state index in [0.29, 0.717) is 6.61 Å². The number of hydrogen-bond donors (Lipinski definition) is 0. The summed E-state index contributed by atoms with van der Waals surface area (Å²) in [5.41, 5.74) is 6.60. The van der Waals surface area contributed by atoms with Gasteiger partial charge in [0.05, 0.1) is 6.04 Å². The fraction of sp³-hybridized carbons (Fsp3) is 0.483. The van der Waals surface area contributed by atoms with Crippen molar-refractivity contribution in [3.05, 3.63) is 71.3 Å². The molecule has 2 heterocycles. The second-order valence-corrected chi connectivity index (χ2v) is 9.67. The molecule has 1 aliphatic carbocycles. The Morgan fingerprint density at radius 2 is 1.67 bits per heavy atom. The number of benzene rings is 2. The SMILES string of the molecule is CCN(CC)CCC1=CC2CCCC(C1)N2C(=O)OCC1c2ccccc2-c2ccccc21. The molecule has 0 saturated carbocycles. The zero-order valence-electron chi connectivity index (χ0n) is 20.0. The van der Waals surface area contributed by atoms with Crippen molar-refractivity contribution in [1.82, 2.24) is 9.80 Å². The Bertz CT molecular complexity index is 980. The fourth-order valence-electron chi connectivity index (χ4n) is 6.10. The summed E-state index contributed by atoms with van der Waals surface area (Å²) in [6.07, 6.45) is 7.70. The Kier molecular flexibility index (Phi) is 6.55. The highest BCUT2D eigenvalue weighted by atomic mass is 16.6. The summed E-state index contributed by atoms with van der Waals surface area (Å²) >= 11 is 0. The number of carbonyl (C=O) groups excluding carboxylic acids is 1. The van der Waals surface area contributed by atoms with Crippen molar-refractivity contribution >= 4 is 6.09 Å². The van der Waals surface area contributed by atoms with E-state index in [0.717, 1.165) is 45.3 Å². The highest BCUT2D eigenvalue weighted by Crippen LogP contribution is 2.44. The van der Waals surface area contributed by atoms with Gasteiger partial charge in [-0.15, -0.1) is 0 Å². The lowest BCUT2D eigenvalue weighted by molar-refractivity contribution is 0.0505. The number of rotatable bonds is 7. The molecule has 0 spiro atoms. The smallest absolute Gasteiger partial charge is 0.410 e. The van der Waals surface area contributed by atoms with Gasteiger partial charge < -0.3 is 9.64 Å². The third kappa shape index (κ3) is 4.33. The number of fused-ring (bicyclic) bond motifs is 5. The average molecular weight is 445 g/mol. The Morgan fingerprint density at radius 3 is 2.30 bits per heavy atom. The van der Waals surface area contributed by atoms with Gasteiger partial charge in [-0.2, -0.15) is 0 Å². The van der Waals surface area contributed by atoms with E-state index in [-0.39, 0.29) is 24.1 Å². The third-order valence-electron chi connectivity index (χ3n) is 7.90. The Morgan fingerprint density at radius 1 is 1.00 bits per heavy atom. The van der Waals surface area contributed by atoms with E-state index in [9.17, 15) is 4.79 Å². The van der Waals surface area contributed by atoms with E-state index in [1.807, 2.05) is 0 Å². The van der Waals surface area contributed by atoms with Crippen molar-refractivity contribution in [3.63, 3.8) is 0 Å². The van der Waals surface area contributed by atoms with Gasteiger partial charge in [0.2, 0.25) is 0 Å². The molecule has 1 saturated heterocycles. The summed E-state index contributed by atoms with van der Waals surface area (Å²) in [6, 6.07) is 17.5. The lowest BCUT2D eigenvalue weighted by Crippen LogP contribution is -2.52. The lowest BCUT2D eigenvalue weighted by atomic mass is 9.84. The number of piperidine rings is 1. The van der Waals surface area contributed by atoms with Crippen molar-refractivity contribution in [2.75, 3.05) is 26.2 Å². The van der Waals surface area contributed by atoms with E-state index >= 15 is 0 Å². The van der Waals surface area contributed by atoms with Crippen molar-refractivity contribution < 1.29 is 9.53 Å². The number of carbonyl (C=O) groups is 1. The second kappa shape index (κ2) is 9.72. The highest BCUT2D eigenvalue weighted by molar-refractivity contribution is 5.79. The second-order valence-electron chi connectivity index (χ2n) is 9.67. The summed E-state index contributed by atoms with van der Waals surface area (Å²) in [5, 5.41) is 0. The van der Waals surface area contributed by atoms with Gasteiger partial charge in [0.25, 0.3) is 0 Å². The normalized spacial score (nSPS) is 21.5. The predicted octanol–water partition coefficient (Wildman–Crippen LogP) is 6.22. The molecule has 2 aromatic rings. The number of nitrogens with zero attached hydrogens (tertiary/aromatic N) is 2. The van der Waals surface area contributed by atoms with Gasteiger partial charge >= 0.3 is 6.09 Å². The molecule has 5 rings (SSSR count). The summed E-state index contributed by atoms with van der Waals surface area (Å²) in [6.45, 7) is 8.17. The van der Waals surface area contributed by atoms with Crippen LogP contribution in [0.2, 0.25) is 0 Å². The lowest BCUT2D eigenvalue weighted by Gasteiger charge is -2.44. The molecule has 2 bridgehead atoms. The number of hydrogen-bond acceptors (Lipinski definition) is 3. The summed E-state index contributed by atoms with van der Waals surface area (Å²) in [7, 11) is 0. The molecule has 0 N–H and O–H groups in total. The first kappa shape index (κ1) is 22.2. The monoisotopic (exact) mass is 444 g/mol. The Labute approximate surface area is 198 Å². The van der Waals surface area contributed by atoms with Crippen LogP contribution in [0, 0.1) is 0 Å². The third-order valence-corrected chi connectivity index (χ3v) is 7.90. The predicted molar refractivity (Wildman–Crippen MR) is 133 cm³/mol. The van der Waals surface area contributed by atoms with Crippen molar-refractivity contribution in [2.24, 2.45) is 0 Å². The van der Waals surface area contributed by atoms with Crippen molar-refractivity contribution in [3.8, 4) is 11.1 Å². The average Bonchev–Trinajstić information content (AvgIpc) is 3.16. The van der Waals surface area contributed by atoms with Gasteiger partial charge in [-0.3, -0.25) is 4.90 Å². The van der Waals surface area contributed by atoms with Crippen molar-refractivity contribution in [1.29, 1.82) is 0 Å². The first-order valence-electron chi connectivity index (χ1n) is 12.7. The molecule has 3 aliphatic rings. The van der Waals surface area contributed by atoms with E-state index in [1.165, 1.54) is 34.2 Å². The van der Waals surface area contributed by atoms with Crippen LogP contribution in [0.5, 0.6) is 0 Å². The minimum Gasteiger partial charge on any atom is -0.448 e. The molecule has 2 unspecified atom stereocenters. The molecule has 0 radical (unpaired) electrons. The van der Waals surface area contributed by atoms with Crippen LogP contribution in [0.4, 0.5) is 4.79 Å². The standard InChI is InChI=1S/C29H36N2O2/c1-3-30(4-2)17-16-21-18-22-10-9-11-23(19-21)31(22)29(32)33-20-28-26-14-7-5-12-24(26)25-13-6-8-15-27(25)28/h5-8,12-15,18,22-23,28H,3-4,9-11,16-17,19-20H2,1-2H3. The minimum atomic E-state index is -0.134. The minimum absolute atomic E-state index is 0.117. The molecular formula is C29H36N2O2. The van der Waals surface area contributed by atoms with Crippen LogP contribution < -0.4 is 0 Å². The van der Waals surface area contributed by atoms with E-state index < -0.39 is 0 Å². The van der Waals surface area contributed by atoms with Crippen LogP contribution in [-0.2, 0) is 4.74 Å². The molecular weight excluding hydrogens is 408 g/mol. The maximum Gasteiger partial charge on any atom is 0.410 e. The largest absolute Gasteiger partial charge is 0.448 e. The number of ether oxygens (including phenoxy) is 1. The Balaban J connectivity index is 1.27. The van der Waals surface area contributed by atoms with Crippen molar-refractivity contribution in [2.45, 2.75) is 64.0 Å². The molecule has 4 heteroatoms. The molecule has 2 aliphatic heterocycles. The van der Waals surface area contributed by atoms with Gasteiger partial charge in [0.15, 0.2) is 0 Å². The molecule has 1 fully saturated rings. The zero-order chi connectivity index (χ0) is 22.8. The van der Waals surface area contributed by atoms with Gasteiger partial charge in [0.1, 0.15) is 6.61 Å². The maximum atomic E-state index is 13.3. The van der Waals surface area contributed by atoms with Crippen LogP contribution in [-0.4, -0.2) is 54.2 Å². The highest BCUT2D eigenvalue weighted by Gasteiger charge is 2.38. The van der Waals surface area contributed by atoms with Crippen LogP contribution >= 0.6 is 0 Å². The Hall–Kier alpha value is -2.59. The van der Waals surface area contributed by atoms with Gasteiger partial charge in [-0.25, -0.2) is 4.79 Å². The molecule has 2 atom stereocenters. The van der Waals surface area contributed by atoms with E-state index in [2.05, 4.69) is 78.3 Å².